The summed E-state index contributed by atoms with van der Waals surface area (Å²) in [5.41, 5.74) is 0.955. The van der Waals surface area contributed by atoms with Crippen molar-refractivity contribution < 1.29 is 28.9 Å². The minimum Gasteiger partial charge on any atom is -0.497 e. The largest absolute Gasteiger partial charge is 0.497 e. The van der Waals surface area contributed by atoms with Crippen LogP contribution in [-0.4, -0.2) is 38.2 Å². The maximum atomic E-state index is 12.9. The van der Waals surface area contributed by atoms with E-state index in [1.165, 1.54) is 27.4 Å². The van der Waals surface area contributed by atoms with E-state index in [0.717, 1.165) is 0 Å². The summed E-state index contributed by atoms with van der Waals surface area (Å²) in [5, 5.41) is 9.13. The van der Waals surface area contributed by atoms with Crippen molar-refractivity contribution in [1.82, 2.24) is 0 Å². The van der Waals surface area contributed by atoms with Crippen LogP contribution in [-0.2, 0) is 11.2 Å². The molecule has 0 atom stereocenters. The Balaban J connectivity index is 2.56. The van der Waals surface area contributed by atoms with Crippen LogP contribution in [0.2, 0.25) is 0 Å². The van der Waals surface area contributed by atoms with Crippen LogP contribution in [0.5, 0.6) is 17.2 Å². The molecule has 6 nitrogen and oxygen atoms in total. The molecule has 1 N–H and O–H groups in total. The molecular formula is C18H18O6. The lowest BCUT2D eigenvalue weighted by Crippen LogP contribution is -2.12. The maximum absolute atomic E-state index is 12.9. The molecule has 126 valence electrons. The lowest BCUT2D eigenvalue weighted by molar-refractivity contribution is -0.136. The molecule has 2 aromatic carbocycles. The molecule has 0 aromatic heterocycles. The first-order chi connectivity index (χ1) is 11.5. The highest BCUT2D eigenvalue weighted by Gasteiger charge is 2.22. The number of ether oxygens (including phenoxy) is 3. The fourth-order valence-corrected chi connectivity index (χ4v) is 2.37. The van der Waals surface area contributed by atoms with E-state index in [0.29, 0.717) is 22.6 Å². The van der Waals surface area contributed by atoms with Gasteiger partial charge in [0.2, 0.25) is 0 Å². The van der Waals surface area contributed by atoms with Crippen LogP contribution in [0.3, 0.4) is 0 Å². The quantitative estimate of drug-likeness (QED) is 0.786. The van der Waals surface area contributed by atoms with Crippen molar-refractivity contribution in [2.45, 2.75) is 6.42 Å². The molecule has 0 aliphatic heterocycles. The fraction of sp³-hybridized carbons (Fsp3) is 0.222. The Morgan fingerprint density at radius 2 is 1.54 bits per heavy atom. The highest BCUT2D eigenvalue weighted by atomic mass is 16.5. The second kappa shape index (κ2) is 7.50. The van der Waals surface area contributed by atoms with Crippen molar-refractivity contribution in [2.75, 3.05) is 21.3 Å². The van der Waals surface area contributed by atoms with Gasteiger partial charge in [0.05, 0.1) is 33.3 Å². The summed E-state index contributed by atoms with van der Waals surface area (Å²) in [7, 11) is 4.42. The van der Waals surface area contributed by atoms with E-state index in [4.69, 9.17) is 19.3 Å². The van der Waals surface area contributed by atoms with Gasteiger partial charge >= 0.3 is 5.97 Å². The van der Waals surface area contributed by atoms with Crippen LogP contribution in [0.15, 0.2) is 36.4 Å². The van der Waals surface area contributed by atoms with Gasteiger partial charge in [0.15, 0.2) is 5.78 Å². The van der Waals surface area contributed by atoms with Crippen LogP contribution in [0.25, 0.3) is 0 Å². The standard InChI is InChI=1S/C18H18O6/c1-22-13-6-4-11(5-7-13)18(21)17-12(9-16(19)20)8-14(23-2)10-15(17)24-3/h4-8,10H,9H2,1-3H3,(H,19,20). The molecule has 0 amide bonds. The number of carbonyl (C=O) groups is 2. The highest BCUT2D eigenvalue weighted by Crippen LogP contribution is 2.31. The van der Waals surface area contributed by atoms with Gasteiger partial charge in [-0.3, -0.25) is 9.59 Å². The van der Waals surface area contributed by atoms with Gasteiger partial charge in [-0.15, -0.1) is 0 Å². The average molecular weight is 330 g/mol. The number of hydrogen-bond donors (Lipinski definition) is 1. The average Bonchev–Trinajstić information content (AvgIpc) is 2.59. The highest BCUT2D eigenvalue weighted by molar-refractivity contribution is 6.12. The summed E-state index contributed by atoms with van der Waals surface area (Å²) in [6.45, 7) is 0. The lowest BCUT2D eigenvalue weighted by Gasteiger charge is -2.14. The molecule has 2 aromatic rings. The predicted molar refractivity (Wildman–Crippen MR) is 87.3 cm³/mol. The van der Waals surface area contributed by atoms with Gasteiger partial charge in [-0.25, -0.2) is 0 Å². The first kappa shape index (κ1) is 17.3. The molecule has 2 rings (SSSR count). The van der Waals surface area contributed by atoms with Gasteiger partial charge < -0.3 is 19.3 Å². The summed E-state index contributed by atoms with van der Waals surface area (Å²) in [4.78, 5) is 24.0. The van der Waals surface area contributed by atoms with E-state index in [1.54, 1.807) is 30.3 Å². The molecule has 0 bridgehead atoms. The van der Waals surface area contributed by atoms with Crippen molar-refractivity contribution in [1.29, 1.82) is 0 Å². The van der Waals surface area contributed by atoms with Crippen LogP contribution in [0.1, 0.15) is 21.5 Å². The number of ketones is 1. The van der Waals surface area contributed by atoms with Crippen molar-refractivity contribution >= 4 is 11.8 Å². The summed E-state index contributed by atoms with van der Waals surface area (Å²) in [5.74, 6) is -0.0534. The Kier molecular flexibility index (Phi) is 5.42. The summed E-state index contributed by atoms with van der Waals surface area (Å²) in [6.07, 6.45) is -0.315. The Labute approximate surface area is 139 Å². The number of aliphatic carboxylic acids is 1. The van der Waals surface area contributed by atoms with E-state index < -0.39 is 5.97 Å². The molecule has 0 aliphatic rings. The minimum absolute atomic E-state index is 0.214. The smallest absolute Gasteiger partial charge is 0.307 e. The SMILES string of the molecule is COc1ccc(C(=O)c2c(CC(=O)O)cc(OC)cc2OC)cc1. The molecule has 0 saturated heterocycles. The number of methoxy groups -OCH3 is 3. The first-order valence-electron chi connectivity index (χ1n) is 7.15. The molecule has 0 saturated carbocycles. The third-order valence-electron chi connectivity index (χ3n) is 3.53. The van der Waals surface area contributed by atoms with Crippen LogP contribution < -0.4 is 14.2 Å². The molecule has 6 heteroatoms. The molecule has 0 fully saturated rings. The monoisotopic (exact) mass is 330 g/mol. The fourth-order valence-electron chi connectivity index (χ4n) is 2.37. The van der Waals surface area contributed by atoms with E-state index >= 15 is 0 Å². The molecule has 0 unspecified atom stereocenters. The Bertz CT molecular complexity index is 749. The third-order valence-corrected chi connectivity index (χ3v) is 3.53. The van der Waals surface area contributed by atoms with Gasteiger partial charge in [-0.2, -0.15) is 0 Å². The Morgan fingerprint density at radius 1 is 0.917 bits per heavy atom. The maximum Gasteiger partial charge on any atom is 0.307 e. The zero-order valence-corrected chi connectivity index (χ0v) is 13.7. The Morgan fingerprint density at radius 3 is 2.04 bits per heavy atom. The van der Waals surface area contributed by atoms with Gasteiger partial charge in [0.1, 0.15) is 17.2 Å². The second-order valence-corrected chi connectivity index (χ2v) is 4.99. The summed E-state index contributed by atoms with van der Waals surface area (Å²) in [6, 6.07) is 9.67. The van der Waals surface area contributed by atoms with E-state index in [-0.39, 0.29) is 23.5 Å². The molecule has 24 heavy (non-hydrogen) atoms. The Hall–Kier alpha value is -3.02. The molecule has 0 aliphatic carbocycles. The lowest BCUT2D eigenvalue weighted by atomic mass is 9.95. The number of benzene rings is 2. The minimum atomic E-state index is -1.05. The normalized spacial score (nSPS) is 10.1. The zero-order valence-electron chi connectivity index (χ0n) is 13.7. The van der Waals surface area contributed by atoms with E-state index in [9.17, 15) is 9.59 Å². The van der Waals surface area contributed by atoms with Gasteiger partial charge in [0, 0.05) is 11.6 Å². The van der Waals surface area contributed by atoms with E-state index in [2.05, 4.69) is 0 Å². The summed E-state index contributed by atoms with van der Waals surface area (Å²) < 4.78 is 15.5. The van der Waals surface area contributed by atoms with Crippen LogP contribution in [0, 0.1) is 0 Å². The van der Waals surface area contributed by atoms with E-state index in [1.807, 2.05) is 0 Å². The molecule has 0 heterocycles. The number of carboxylic acids is 1. The van der Waals surface area contributed by atoms with Crippen LogP contribution >= 0.6 is 0 Å². The third kappa shape index (κ3) is 3.65. The number of rotatable bonds is 7. The molecular weight excluding hydrogens is 312 g/mol. The van der Waals surface area contributed by atoms with Gasteiger partial charge in [-0.1, -0.05) is 0 Å². The van der Waals surface area contributed by atoms with Crippen molar-refractivity contribution in [3.8, 4) is 17.2 Å². The predicted octanol–water partition coefficient (Wildman–Crippen LogP) is 2.57. The van der Waals surface area contributed by atoms with Gasteiger partial charge in [0.25, 0.3) is 0 Å². The van der Waals surface area contributed by atoms with Gasteiger partial charge in [-0.05, 0) is 35.9 Å². The zero-order chi connectivity index (χ0) is 17.7. The van der Waals surface area contributed by atoms with Crippen LogP contribution in [0.4, 0.5) is 0 Å². The molecule has 0 radical (unpaired) electrons. The molecule has 0 spiro atoms. The van der Waals surface area contributed by atoms with Crippen molar-refractivity contribution in [3.63, 3.8) is 0 Å². The van der Waals surface area contributed by atoms with Crippen molar-refractivity contribution in [3.05, 3.63) is 53.1 Å². The summed E-state index contributed by atoms with van der Waals surface area (Å²) >= 11 is 0. The topological polar surface area (TPSA) is 82.1 Å². The first-order valence-corrected chi connectivity index (χ1v) is 7.15. The number of hydrogen-bond acceptors (Lipinski definition) is 5. The second-order valence-electron chi connectivity index (χ2n) is 4.99. The number of carboxylic acid groups (broad SMARTS) is 1. The number of carbonyl (C=O) groups excluding carboxylic acids is 1. The van der Waals surface area contributed by atoms with Crippen molar-refractivity contribution in [2.24, 2.45) is 0 Å².